The minimum Gasteiger partial charge on any atom is -0.335 e. The summed E-state index contributed by atoms with van der Waals surface area (Å²) in [6.45, 7) is 15.6. The topological polar surface area (TPSA) is 9.72 Å². The molecule has 4 atom stereocenters. The lowest BCUT2D eigenvalue weighted by Gasteiger charge is -2.54. The van der Waals surface area contributed by atoms with E-state index in [4.69, 9.17) is 0 Å². The molecule has 5 heteroatoms. The number of anilines is 7. The number of hydrogen-bond acceptors (Lipinski definition) is 3. The van der Waals surface area contributed by atoms with Crippen LogP contribution in [0.1, 0.15) is 88.8 Å². The Kier molecular flexibility index (Phi) is 8.30. The molecular weight excluding hydrogens is 802 g/mol. The van der Waals surface area contributed by atoms with Crippen LogP contribution in [0, 0.1) is 0 Å². The van der Waals surface area contributed by atoms with Crippen molar-refractivity contribution >= 4 is 76.2 Å². The Morgan fingerprint density at radius 2 is 1.12 bits per heavy atom. The van der Waals surface area contributed by atoms with Crippen molar-refractivity contribution in [1.82, 2.24) is 0 Å². The Morgan fingerprint density at radius 1 is 0.477 bits per heavy atom. The Labute approximate surface area is 388 Å². The van der Waals surface area contributed by atoms with Crippen molar-refractivity contribution in [3.8, 4) is 11.1 Å². The molecular formula is C60H60BN3Si. The van der Waals surface area contributed by atoms with Crippen LogP contribution in [0.4, 0.5) is 39.8 Å². The van der Waals surface area contributed by atoms with E-state index in [1.54, 1.807) is 10.8 Å². The van der Waals surface area contributed by atoms with Gasteiger partial charge in [-0.05, 0) is 126 Å². The van der Waals surface area contributed by atoms with Crippen molar-refractivity contribution in [3.63, 3.8) is 0 Å². The normalized spacial score (nSPS) is 25.6. The molecule has 0 spiro atoms. The summed E-state index contributed by atoms with van der Waals surface area (Å²) in [5, 5.41) is 1.58. The Hall–Kier alpha value is -5.78. The second-order valence-electron chi connectivity index (χ2n) is 22.1. The first-order chi connectivity index (χ1) is 31.5. The van der Waals surface area contributed by atoms with Gasteiger partial charge in [-0.25, -0.2) is 0 Å². The number of fused-ring (bicyclic) bond motifs is 10. The molecule has 0 bridgehead atoms. The molecule has 7 aromatic rings. The molecule has 0 N–H and O–H groups in total. The highest BCUT2D eigenvalue weighted by Crippen LogP contribution is 2.66. The summed E-state index contributed by atoms with van der Waals surface area (Å²) in [6, 6.07) is 61.6. The monoisotopic (exact) mass is 861 g/mol. The van der Waals surface area contributed by atoms with Gasteiger partial charge in [0.2, 0.25) is 0 Å². The largest absolute Gasteiger partial charge is 0.335 e. The molecule has 2 aliphatic carbocycles. The fourth-order valence-corrected chi connectivity index (χ4v) is 15.8. The highest BCUT2D eigenvalue weighted by atomic mass is 28.3. The summed E-state index contributed by atoms with van der Waals surface area (Å²) >= 11 is 0. The van der Waals surface area contributed by atoms with Gasteiger partial charge in [0.15, 0.2) is 0 Å². The third-order valence-corrected chi connectivity index (χ3v) is 20.0. The predicted octanol–water partition coefficient (Wildman–Crippen LogP) is 13.0. The van der Waals surface area contributed by atoms with Crippen LogP contribution >= 0.6 is 0 Å². The van der Waals surface area contributed by atoms with Gasteiger partial charge in [-0.2, -0.15) is 0 Å². The van der Waals surface area contributed by atoms with Gasteiger partial charge in [0.1, 0.15) is 0 Å². The molecule has 13 rings (SSSR count). The first-order valence-corrected chi connectivity index (χ1v) is 28.1. The van der Waals surface area contributed by atoms with E-state index in [0.717, 1.165) is 19.3 Å². The Bertz CT molecular complexity index is 3070. The zero-order valence-electron chi connectivity index (χ0n) is 39.1. The second kappa shape index (κ2) is 13.6. The fourth-order valence-electron chi connectivity index (χ4n) is 14.7. The van der Waals surface area contributed by atoms with Gasteiger partial charge >= 0.3 is 0 Å². The predicted molar refractivity (Wildman–Crippen MR) is 280 cm³/mol. The Morgan fingerprint density at radius 3 is 1.88 bits per heavy atom. The Balaban J connectivity index is 1.15. The van der Waals surface area contributed by atoms with Crippen LogP contribution in [-0.4, -0.2) is 25.9 Å². The average molecular weight is 862 g/mol. The third kappa shape index (κ3) is 5.09. The van der Waals surface area contributed by atoms with Crippen molar-refractivity contribution < 1.29 is 0 Å². The van der Waals surface area contributed by atoms with Crippen LogP contribution in [-0.2, 0) is 10.8 Å². The van der Waals surface area contributed by atoms with Gasteiger partial charge in [-0.15, -0.1) is 0 Å². The smallest absolute Gasteiger partial charge is 0.252 e. The summed E-state index contributed by atoms with van der Waals surface area (Å²) in [7, 11) is -1.78. The van der Waals surface area contributed by atoms with E-state index in [9.17, 15) is 0 Å². The first kappa shape index (κ1) is 39.6. The van der Waals surface area contributed by atoms with Gasteiger partial charge in [-0.1, -0.05) is 173 Å². The van der Waals surface area contributed by atoms with Gasteiger partial charge in [0.25, 0.3) is 6.71 Å². The lowest BCUT2D eigenvalue weighted by atomic mass is 9.33. The van der Waals surface area contributed by atoms with Crippen LogP contribution < -0.4 is 36.3 Å². The van der Waals surface area contributed by atoms with Crippen LogP contribution in [0.25, 0.3) is 11.1 Å². The highest BCUT2D eigenvalue weighted by Gasteiger charge is 2.65. The minimum atomic E-state index is -1.78. The van der Waals surface area contributed by atoms with Gasteiger partial charge in [0, 0.05) is 50.6 Å². The molecule has 0 amide bonds. The zero-order chi connectivity index (χ0) is 44.1. The molecule has 4 aliphatic heterocycles. The maximum Gasteiger partial charge on any atom is 0.252 e. The molecule has 3 nitrogen and oxygen atoms in total. The molecule has 4 unspecified atom stereocenters. The van der Waals surface area contributed by atoms with Gasteiger partial charge in [0.05, 0.1) is 19.2 Å². The van der Waals surface area contributed by atoms with Crippen molar-refractivity contribution in [2.45, 2.75) is 114 Å². The molecule has 7 aromatic carbocycles. The van der Waals surface area contributed by atoms with E-state index >= 15 is 0 Å². The fraction of sp³-hybridized carbons (Fsp3) is 0.300. The molecule has 6 aliphatic rings. The quantitative estimate of drug-likeness (QED) is 0.160. The average Bonchev–Trinajstić information content (AvgIpc) is 3.70. The van der Waals surface area contributed by atoms with Crippen molar-refractivity contribution in [2.75, 3.05) is 14.7 Å². The van der Waals surface area contributed by atoms with Gasteiger partial charge in [-0.3, -0.25) is 0 Å². The summed E-state index contributed by atoms with van der Waals surface area (Å²) in [6.07, 6.45) is 9.62. The van der Waals surface area contributed by atoms with E-state index in [1.165, 1.54) is 111 Å². The molecule has 2 saturated carbocycles. The van der Waals surface area contributed by atoms with E-state index in [0.29, 0.717) is 0 Å². The molecule has 65 heavy (non-hydrogen) atoms. The van der Waals surface area contributed by atoms with Crippen LogP contribution in [0.15, 0.2) is 158 Å². The summed E-state index contributed by atoms with van der Waals surface area (Å²) in [5.41, 5.74) is 20.6. The third-order valence-electron chi connectivity index (χ3n) is 18.0. The van der Waals surface area contributed by atoms with Crippen LogP contribution in [0.2, 0.25) is 19.6 Å². The molecule has 4 heterocycles. The van der Waals surface area contributed by atoms with Crippen molar-refractivity contribution in [1.29, 1.82) is 0 Å². The van der Waals surface area contributed by atoms with E-state index < -0.39 is 8.07 Å². The molecule has 322 valence electrons. The maximum atomic E-state index is 2.96. The SMILES string of the molecule is CC12CCCCC1(C)N(c1cc3c4c(c1)N1c5c(cc([Si](C)(C)C)cc5C5(c6ccccc6)CCCCC15C)B4c1ccccc1N3c1ccccc1)c1ccc(-c3ccccc3)cc12. The van der Waals surface area contributed by atoms with Crippen LogP contribution in [0.5, 0.6) is 0 Å². The van der Waals surface area contributed by atoms with E-state index in [-0.39, 0.29) is 28.6 Å². The number of benzene rings is 7. The van der Waals surface area contributed by atoms with Crippen molar-refractivity contribution in [3.05, 3.63) is 174 Å². The first-order valence-electron chi connectivity index (χ1n) is 24.6. The summed E-state index contributed by atoms with van der Waals surface area (Å²) < 4.78 is 0. The lowest BCUT2D eigenvalue weighted by molar-refractivity contribution is 0.195. The van der Waals surface area contributed by atoms with Gasteiger partial charge < -0.3 is 14.7 Å². The lowest BCUT2D eigenvalue weighted by Crippen LogP contribution is -2.65. The minimum absolute atomic E-state index is 0.00870. The number of para-hydroxylation sites is 2. The summed E-state index contributed by atoms with van der Waals surface area (Å²) in [4.78, 5) is 8.44. The number of rotatable bonds is 5. The molecule has 0 aromatic heterocycles. The van der Waals surface area contributed by atoms with E-state index in [2.05, 4.69) is 213 Å². The zero-order valence-corrected chi connectivity index (χ0v) is 40.1. The molecule has 2 fully saturated rings. The van der Waals surface area contributed by atoms with E-state index in [1.807, 2.05) is 0 Å². The molecule has 0 saturated heterocycles. The summed E-state index contributed by atoms with van der Waals surface area (Å²) in [5.74, 6) is 0. The molecule has 0 radical (unpaired) electrons. The number of hydrogen-bond donors (Lipinski definition) is 0. The van der Waals surface area contributed by atoms with Crippen LogP contribution in [0.3, 0.4) is 0 Å². The second-order valence-corrected chi connectivity index (χ2v) is 27.2. The number of nitrogens with zero attached hydrogens (tertiary/aromatic N) is 3. The van der Waals surface area contributed by atoms with Crippen molar-refractivity contribution in [2.24, 2.45) is 0 Å². The highest BCUT2D eigenvalue weighted by molar-refractivity contribution is 7.01. The standard InChI is InChI=1S/C60H60BN3Si/c1-57-32-18-19-33-58(57,2)63(51-31-30-42(36-47(51)57)41-22-10-7-11-23-41)45-37-53-55-54(38-45)64-56-48(60(43-24-12-8-13-25-43)35-21-20-34-59(60,64)3)39-46(65(4,5)6)40-50(56)61(55)49-28-16-17-29-52(49)62(53)44-26-14-9-15-27-44/h7-17,22-31,36-40H,18-21,32-35H2,1-6H3. The maximum absolute atomic E-state index is 2.96.